The molecule has 1 aliphatic rings. The lowest BCUT2D eigenvalue weighted by atomic mass is 10.0. The second kappa shape index (κ2) is 7.47. The first-order valence-corrected chi connectivity index (χ1v) is 7.53. The van der Waals surface area contributed by atoms with Gasteiger partial charge in [0.25, 0.3) is 0 Å². The molecule has 0 aromatic rings. The van der Waals surface area contributed by atoms with Gasteiger partial charge >= 0.3 is 12.1 Å². The summed E-state index contributed by atoms with van der Waals surface area (Å²) in [6, 6.07) is -1.37. The lowest BCUT2D eigenvalue weighted by Gasteiger charge is -2.36. The summed E-state index contributed by atoms with van der Waals surface area (Å²) in [5.41, 5.74) is -0.616. The van der Waals surface area contributed by atoms with Gasteiger partial charge in [0.2, 0.25) is 5.91 Å². The van der Waals surface area contributed by atoms with Crippen LogP contribution in [0.1, 0.15) is 47.0 Å². The Labute approximate surface area is 131 Å². The van der Waals surface area contributed by atoms with E-state index in [0.717, 1.165) is 12.8 Å². The van der Waals surface area contributed by atoms with Crippen molar-refractivity contribution in [2.75, 3.05) is 13.7 Å². The van der Waals surface area contributed by atoms with Crippen molar-refractivity contribution in [1.29, 1.82) is 0 Å². The van der Waals surface area contributed by atoms with Crippen molar-refractivity contribution in [3.05, 3.63) is 0 Å². The van der Waals surface area contributed by atoms with E-state index < -0.39 is 29.7 Å². The van der Waals surface area contributed by atoms with Crippen LogP contribution in [0.4, 0.5) is 4.79 Å². The highest BCUT2D eigenvalue weighted by molar-refractivity contribution is 5.89. The molecule has 1 saturated heterocycles. The molecule has 1 N–H and O–H groups in total. The quantitative estimate of drug-likeness (QED) is 0.797. The number of ether oxygens (including phenoxy) is 2. The van der Waals surface area contributed by atoms with Crippen LogP contribution in [0, 0.1) is 0 Å². The van der Waals surface area contributed by atoms with Crippen LogP contribution in [0.5, 0.6) is 0 Å². The second-order valence-electron chi connectivity index (χ2n) is 6.44. The predicted molar refractivity (Wildman–Crippen MR) is 80.2 cm³/mol. The van der Waals surface area contributed by atoms with Gasteiger partial charge in [0.15, 0.2) is 0 Å². The number of rotatable bonds is 3. The number of amides is 2. The van der Waals surface area contributed by atoms with E-state index in [2.05, 4.69) is 10.1 Å². The van der Waals surface area contributed by atoms with Gasteiger partial charge in [-0.05, 0) is 47.0 Å². The molecular formula is C15H26N2O5. The number of piperidine rings is 1. The second-order valence-corrected chi connectivity index (χ2v) is 6.44. The Morgan fingerprint density at radius 1 is 1.23 bits per heavy atom. The molecule has 0 aliphatic carbocycles. The minimum Gasteiger partial charge on any atom is -0.467 e. The zero-order chi connectivity index (χ0) is 16.9. The third kappa shape index (κ3) is 5.20. The molecule has 22 heavy (non-hydrogen) atoms. The maximum absolute atomic E-state index is 12.3. The Balaban J connectivity index is 2.74. The summed E-state index contributed by atoms with van der Waals surface area (Å²) in [7, 11) is 1.26. The van der Waals surface area contributed by atoms with Gasteiger partial charge < -0.3 is 14.8 Å². The molecule has 0 bridgehead atoms. The number of methoxy groups -OCH3 is 1. The molecule has 1 fully saturated rings. The first kappa shape index (κ1) is 18.3. The molecule has 0 aromatic heterocycles. The number of hydrogen-bond acceptors (Lipinski definition) is 5. The Hall–Kier alpha value is -1.79. The van der Waals surface area contributed by atoms with Crippen LogP contribution < -0.4 is 5.32 Å². The number of carbonyl (C=O) groups excluding carboxylic acids is 3. The fourth-order valence-electron chi connectivity index (χ4n) is 2.29. The summed E-state index contributed by atoms with van der Waals surface area (Å²) in [5.74, 6) is -0.878. The van der Waals surface area contributed by atoms with Crippen LogP contribution in [0.3, 0.4) is 0 Å². The summed E-state index contributed by atoms with van der Waals surface area (Å²) < 4.78 is 9.93. The Kier molecular flexibility index (Phi) is 6.20. The van der Waals surface area contributed by atoms with Gasteiger partial charge in [0, 0.05) is 6.54 Å². The first-order chi connectivity index (χ1) is 10.2. The average Bonchev–Trinajstić information content (AvgIpc) is 2.44. The van der Waals surface area contributed by atoms with Crippen molar-refractivity contribution < 1.29 is 23.9 Å². The fraction of sp³-hybridized carbons (Fsp3) is 0.800. The normalized spacial score (nSPS) is 20.0. The molecule has 0 radical (unpaired) electrons. The number of carbonyl (C=O) groups is 3. The van der Waals surface area contributed by atoms with Crippen LogP contribution in [0.2, 0.25) is 0 Å². The van der Waals surface area contributed by atoms with E-state index in [4.69, 9.17) is 4.74 Å². The zero-order valence-electron chi connectivity index (χ0n) is 14.0. The van der Waals surface area contributed by atoms with Crippen LogP contribution in [-0.2, 0) is 19.1 Å². The van der Waals surface area contributed by atoms with Crippen molar-refractivity contribution in [3.8, 4) is 0 Å². The van der Waals surface area contributed by atoms with Crippen molar-refractivity contribution >= 4 is 18.0 Å². The van der Waals surface area contributed by atoms with Crippen molar-refractivity contribution in [3.63, 3.8) is 0 Å². The van der Waals surface area contributed by atoms with Crippen molar-refractivity contribution in [2.24, 2.45) is 0 Å². The topological polar surface area (TPSA) is 84.9 Å². The molecule has 0 spiro atoms. The van der Waals surface area contributed by atoms with E-state index in [1.54, 1.807) is 27.7 Å². The van der Waals surface area contributed by atoms with E-state index in [1.807, 2.05) is 0 Å². The lowest BCUT2D eigenvalue weighted by molar-refractivity contribution is -0.145. The Morgan fingerprint density at radius 2 is 1.86 bits per heavy atom. The van der Waals surface area contributed by atoms with Crippen LogP contribution in [0.15, 0.2) is 0 Å². The first-order valence-electron chi connectivity index (χ1n) is 7.53. The molecular weight excluding hydrogens is 288 g/mol. The lowest BCUT2D eigenvalue weighted by Crippen LogP contribution is -2.55. The standard InChI is InChI=1S/C15H26N2O5/c1-10(13(19)21-5)16-12(18)11-8-6-7-9-17(11)14(20)22-15(2,3)4/h10-11H,6-9H2,1-5H3,(H,16,18)/t10-,11?/m0/s1. The van der Waals surface area contributed by atoms with Gasteiger partial charge in [-0.1, -0.05) is 0 Å². The third-order valence-electron chi connectivity index (χ3n) is 3.35. The Bertz CT molecular complexity index is 430. The third-order valence-corrected chi connectivity index (χ3v) is 3.35. The maximum Gasteiger partial charge on any atom is 0.410 e. The smallest absolute Gasteiger partial charge is 0.410 e. The molecule has 126 valence electrons. The monoisotopic (exact) mass is 314 g/mol. The number of likely N-dealkylation sites (tertiary alicyclic amines) is 1. The van der Waals surface area contributed by atoms with E-state index >= 15 is 0 Å². The van der Waals surface area contributed by atoms with Crippen LogP contribution in [0.25, 0.3) is 0 Å². The highest BCUT2D eigenvalue weighted by Gasteiger charge is 2.35. The highest BCUT2D eigenvalue weighted by Crippen LogP contribution is 2.20. The molecule has 1 heterocycles. The molecule has 7 heteroatoms. The summed E-state index contributed by atoms with van der Waals surface area (Å²) in [5, 5.41) is 2.59. The highest BCUT2D eigenvalue weighted by atomic mass is 16.6. The molecule has 2 atom stereocenters. The minimum atomic E-state index is -0.750. The summed E-state index contributed by atoms with van der Waals surface area (Å²) >= 11 is 0. The average molecular weight is 314 g/mol. The minimum absolute atomic E-state index is 0.358. The molecule has 0 aromatic carbocycles. The molecule has 2 amide bonds. The largest absolute Gasteiger partial charge is 0.467 e. The number of nitrogens with zero attached hydrogens (tertiary/aromatic N) is 1. The SMILES string of the molecule is COC(=O)[C@H](C)NC(=O)C1CCCCN1C(=O)OC(C)(C)C. The molecule has 1 aliphatic heterocycles. The number of hydrogen-bond donors (Lipinski definition) is 1. The summed E-state index contributed by atoms with van der Waals surface area (Å²) in [6.07, 6.45) is 1.73. The predicted octanol–water partition coefficient (Wildman–Crippen LogP) is 1.45. The van der Waals surface area contributed by atoms with Crippen molar-refractivity contribution in [2.45, 2.75) is 64.6 Å². The van der Waals surface area contributed by atoms with Crippen molar-refractivity contribution in [1.82, 2.24) is 10.2 Å². The van der Waals surface area contributed by atoms with Gasteiger partial charge in [0.05, 0.1) is 7.11 Å². The van der Waals surface area contributed by atoms with Gasteiger partial charge in [-0.15, -0.1) is 0 Å². The number of esters is 1. The summed E-state index contributed by atoms with van der Waals surface area (Å²) in [6.45, 7) is 7.36. The van der Waals surface area contributed by atoms with Gasteiger partial charge in [-0.25, -0.2) is 9.59 Å². The molecule has 7 nitrogen and oxygen atoms in total. The Morgan fingerprint density at radius 3 is 2.41 bits per heavy atom. The number of nitrogens with one attached hydrogen (secondary N) is 1. The fourth-order valence-corrected chi connectivity index (χ4v) is 2.29. The van der Waals surface area contributed by atoms with E-state index in [1.165, 1.54) is 12.0 Å². The van der Waals surface area contributed by atoms with Crippen LogP contribution in [-0.4, -0.2) is 54.2 Å². The van der Waals surface area contributed by atoms with E-state index in [-0.39, 0.29) is 5.91 Å². The molecule has 1 rings (SSSR count). The van der Waals surface area contributed by atoms with Gasteiger partial charge in [0.1, 0.15) is 17.7 Å². The molecule has 1 unspecified atom stereocenters. The molecule has 0 saturated carbocycles. The van der Waals surface area contributed by atoms with E-state index in [0.29, 0.717) is 13.0 Å². The maximum atomic E-state index is 12.3. The summed E-state index contributed by atoms with van der Waals surface area (Å²) in [4.78, 5) is 37.4. The van der Waals surface area contributed by atoms with Crippen LogP contribution >= 0.6 is 0 Å². The van der Waals surface area contributed by atoms with E-state index in [9.17, 15) is 14.4 Å². The van der Waals surface area contributed by atoms with Gasteiger partial charge in [-0.2, -0.15) is 0 Å². The zero-order valence-corrected chi connectivity index (χ0v) is 14.0. The van der Waals surface area contributed by atoms with Gasteiger partial charge in [-0.3, -0.25) is 9.69 Å².